The summed E-state index contributed by atoms with van der Waals surface area (Å²) in [5.74, 6) is -0.330. The number of allylic oxidation sites excluding steroid dienone is 4. The number of nitrogens with one attached hydrogen (secondary N) is 1. The van der Waals surface area contributed by atoms with E-state index >= 15 is 0 Å². The van der Waals surface area contributed by atoms with E-state index in [0.717, 1.165) is 45.1 Å². The minimum Gasteiger partial charge on any atom is -0.462 e. The van der Waals surface area contributed by atoms with Crippen LogP contribution in [0.2, 0.25) is 0 Å². The van der Waals surface area contributed by atoms with Crippen LogP contribution in [0, 0.1) is 0 Å². The Morgan fingerprint density at radius 3 is 1.02 bits per heavy atom. The third kappa shape index (κ3) is 51.0. The molecule has 0 heterocycles. The van der Waals surface area contributed by atoms with E-state index in [1.165, 1.54) is 231 Å². The van der Waals surface area contributed by atoms with Crippen molar-refractivity contribution in [2.45, 2.75) is 309 Å². The van der Waals surface area contributed by atoms with Gasteiger partial charge in [-0.05, 0) is 77.2 Å². The van der Waals surface area contributed by atoms with Crippen molar-refractivity contribution in [1.29, 1.82) is 0 Å². The first-order chi connectivity index (χ1) is 30.6. The van der Waals surface area contributed by atoms with Gasteiger partial charge in [-0.1, -0.05) is 244 Å². The molecule has 1 unspecified atom stereocenters. The summed E-state index contributed by atoms with van der Waals surface area (Å²) in [6.45, 7) is 8.43. The smallest absolute Gasteiger partial charge is 0.306 e. The highest BCUT2D eigenvalue weighted by Gasteiger charge is 2.17. The van der Waals surface area contributed by atoms with E-state index in [0.29, 0.717) is 19.4 Å². The first-order valence-corrected chi connectivity index (χ1v) is 28.0. The summed E-state index contributed by atoms with van der Waals surface area (Å²) >= 11 is 0. The van der Waals surface area contributed by atoms with Gasteiger partial charge in [-0.15, -0.1) is 0 Å². The van der Waals surface area contributed by atoms with E-state index in [1.54, 1.807) is 0 Å². The molecule has 1 atom stereocenters. The predicted octanol–water partition coefficient (Wildman–Crippen LogP) is 18.4. The second kappa shape index (κ2) is 53.7. The first kappa shape index (κ1) is 60.4. The quantitative estimate of drug-likeness (QED) is 0.0375. The highest BCUT2D eigenvalue weighted by Crippen LogP contribution is 2.15. The van der Waals surface area contributed by atoms with Gasteiger partial charge in [0.15, 0.2) is 0 Å². The van der Waals surface area contributed by atoms with Crippen LogP contribution in [-0.4, -0.2) is 37.7 Å². The molecule has 0 aliphatic heterocycles. The average Bonchev–Trinajstić information content (AvgIpc) is 3.27. The topological polar surface area (TPSA) is 64.6 Å². The summed E-state index contributed by atoms with van der Waals surface area (Å²) < 4.78 is 11.6. The van der Waals surface area contributed by atoms with E-state index in [-0.39, 0.29) is 18.5 Å². The van der Waals surface area contributed by atoms with Gasteiger partial charge in [0.2, 0.25) is 0 Å². The van der Waals surface area contributed by atoms with Crippen LogP contribution < -0.4 is 5.32 Å². The molecule has 0 bridgehead atoms. The van der Waals surface area contributed by atoms with Gasteiger partial charge in [0, 0.05) is 19.4 Å². The zero-order chi connectivity index (χ0) is 44.9. The van der Waals surface area contributed by atoms with Crippen LogP contribution in [0.4, 0.5) is 0 Å². The third-order valence-corrected chi connectivity index (χ3v) is 12.6. The Labute approximate surface area is 388 Å². The van der Waals surface area contributed by atoms with Crippen molar-refractivity contribution in [3.8, 4) is 0 Å². The molecule has 62 heavy (non-hydrogen) atoms. The standard InChI is InChI=1S/C57H109NO4/c1-4-7-10-13-16-19-22-25-28-31-34-37-40-43-46-49-52-58-53-55(62-57(60)51-48-45-42-39-36-33-30-27-24-21-18-15-12-9-6-3)54-61-56(59)50-47-44-41-38-35-32-29-26-23-20-17-14-11-8-5-2/h26-27,29-30,55,58H,4-25,28,31-54H2,1-3H3/b29-26-,30-27-. The van der Waals surface area contributed by atoms with Gasteiger partial charge in [-0.3, -0.25) is 9.59 Å². The van der Waals surface area contributed by atoms with Crippen molar-refractivity contribution in [3.05, 3.63) is 24.3 Å². The van der Waals surface area contributed by atoms with Crippen molar-refractivity contribution in [1.82, 2.24) is 5.32 Å². The zero-order valence-corrected chi connectivity index (χ0v) is 42.3. The molecular weight excluding hydrogens is 763 g/mol. The Kier molecular flexibility index (Phi) is 52.3. The van der Waals surface area contributed by atoms with Crippen LogP contribution in [0.5, 0.6) is 0 Å². The van der Waals surface area contributed by atoms with Gasteiger partial charge < -0.3 is 14.8 Å². The van der Waals surface area contributed by atoms with Crippen molar-refractivity contribution in [3.63, 3.8) is 0 Å². The number of carbonyl (C=O) groups excluding carboxylic acids is 2. The third-order valence-electron chi connectivity index (χ3n) is 12.6. The number of rotatable bonds is 52. The first-order valence-electron chi connectivity index (χ1n) is 28.0. The zero-order valence-electron chi connectivity index (χ0n) is 42.3. The lowest BCUT2D eigenvalue weighted by Crippen LogP contribution is -2.35. The summed E-state index contributed by atoms with van der Waals surface area (Å²) in [7, 11) is 0. The van der Waals surface area contributed by atoms with Crippen LogP contribution in [0.15, 0.2) is 24.3 Å². The normalized spacial score (nSPS) is 12.2. The van der Waals surface area contributed by atoms with E-state index < -0.39 is 6.10 Å². The fraction of sp³-hybridized carbons (Fsp3) is 0.895. The molecule has 366 valence electrons. The molecule has 0 amide bonds. The fourth-order valence-corrected chi connectivity index (χ4v) is 8.38. The van der Waals surface area contributed by atoms with Crippen molar-refractivity contribution in [2.24, 2.45) is 0 Å². The Morgan fingerprint density at radius 2 is 0.661 bits per heavy atom. The van der Waals surface area contributed by atoms with Crippen LogP contribution in [0.3, 0.4) is 0 Å². The van der Waals surface area contributed by atoms with Crippen LogP contribution in [-0.2, 0) is 19.1 Å². The monoisotopic (exact) mass is 872 g/mol. The number of hydrogen-bond acceptors (Lipinski definition) is 5. The molecule has 1 N–H and O–H groups in total. The number of hydrogen-bond donors (Lipinski definition) is 1. The molecule has 0 aliphatic rings. The number of esters is 2. The molecule has 5 nitrogen and oxygen atoms in total. The molecule has 0 aromatic heterocycles. The lowest BCUT2D eigenvalue weighted by atomic mass is 10.0. The maximum atomic E-state index is 12.8. The minimum atomic E-state index is -0.426. The van der Waals surface area contributed by atoms with Gasteiger partial charge in [0.05, 0.1) is 0 Å². The van der Waals surface area contributed by atoms with Gasteiger partial charge in [0.1, 0.15) is 12.7 Å². The van der Waals surface area contributed by atoms with Crippen molar-refractivity contribution < 1.29 is 19.1 Å². The molecule has 0 saturated heterocycles. The maximum absolute atomic E-state index is 12.8. The van der Waals surface area contributed by atoms with E-state index in [4.69, 9.17) is 9.47 Å². The van der Waals surface area contributed by atoms with Crippen LogP contribution in [0.25, 0.3) is 0 Å². The molecule has 0 saturated carbocycles. The Bertz CT molecular complexity index is 947. The Hall–Kier alpha value is -1.62. The summed E-state index contributed by atoms with van der Waals surface area (Å²) in [6.07, 6.45) is 64.0. The lowest BCUT2D eigenvalue weighted by molar-refractivity contribution is -0.159. The Balaban J connectivity index is 4.25. The summed E-state index contributed by atoms with van der Waals surface area (Å²) in [5.41, 5.74) is 0. The molecule has 0 rings (SSSR count). The Morgan fingerprint density at radius 1 is 0.371 bits per heavy atom. The molecule has 0 aromatic rings. The fourth-order valence-electron chi connectivity index (χ4n) is 8.38. The lowest BCUT2D eigenvalue weighted by Gasteiger charge is -2.19. The maximum Gasteiger partial charge on any atom is 0.306 e. The molecule has 0 spiro atoms. The summed E-state index contributed by atoms with van der Waals surface area (Å²) in [5, 5.41) is 3.51. The number of ether oxygens (including phenoxy) is 2. The largest absolute Gasteiger partial charge is 0.462 e. The van der Waals surface area contributed by atoms with E-state index in [2.05, 4.69) is 50.4 Å². The molecule has 0 radical (unpaired) electrons. The van der Waals surface area contributed by atoms with Gasteiger partial charge in [-0.25, -0.2) is 0 Å². The van der Waals surface area contributed by atoms with Crippen LogP contribution in [0.1, 0.15) is 303 Å². The second-order valence-electron chi connectivity index (χ2n) is 19.0. The second-order valence-corrected chi connectivity index (χ2v) is 19.0. The molecule has 0 aromatic carbocycles. The average molecular weight is 873 g/mol. The van der Waals surface area contributed by atoms with E-state index in [9.17, 15) is 9.59 Å². The van der Waals surface area contributed by atoms with Crippen molar-refractivity contribution in [2.75, 3.05) is 19.7 Å². The van der Waals surface area contributed by atoms with Crippen molar-refractivity contribution >= 4 is 11.9 Å². The molecule has 0 fully saturated rings. The van der Waals surface area contributed by atoms with Gasteiger partial charge in [-0.2, -0.15) is 0 Å². The molecule has 5 heteroatoms. The minimum absolute atomic E-state index is 0.147. The van der Waals surface area contributed by atoms with Crippen LogP contribution >= 0.6 is 0 Å². The SMILES string of the molecule is CCCCCCCC/C=C\CCCCCCCC(=O)OCC(CNCCCCCCCCCCCCCCCCCC)OC(=O)CCCCCCC/C=C\CCCCCCCC. The highest BCUT2D eigenvalue weighted by molar-refractivity contribution is 5.70. The highest BCUT2D eigenvalue weighted by atomic mass is 16.6. The summed E-state index contributed by atoms with van der Waals surface area (Å²) in [6, 6.07) is 0. The molecule has 0 aliphatic carbocycles. The number of unbranched alkanes of at least 4 members (excludes halogenated alkanes) is 37. The number of carbonyl (C=O) groups is 2. The van der Waals surface area contributed by atoms with E-state index in [1.807, 2.05) is 0 Å². The predicted molar refractivity (Wildman–Crippen MR) is 272 cm³/mol. The van der Waals surface area contributed by atoms with Gasteiger partial charge in [0.25, 0.3) is 0 Å². The summed E-state index contributed by atoms with van der Waals surface area (Å²) in [4.78, 5) is 25.5. The van der Waals surface area contributed by atoms with Gasteiger partial charge >= 0.3 is 11.9 Å². The molecular formula is C57H109NO4.